The number of hydrogen-bond donors (Lipinski definition) is 1. The lowest BCUT2D eigenvalue weighted by molar-refractivity contribution is 0.935. The predicted molar refractivity (Wildman–Crippen MR) is 84.1 cm³/mol. The monoisotopic (exact) mass is 357 g/mol. The van der Waals surface area contributed by atoms with Gasteiger partial charge in [0.05, 0.1) is 11.2 Å². The third kappa shape index (κ3) is 4.09. The highest BCUT2D eigenvalue weighted by atomic mass is 79.9. The molecule has 0 unspecified atom stereocenters. The van der Waals surface area contributed by atoms with Crippen molar-refractivity contribution in [2.45, 2.75) is 23.3 Å². The van der Waals surface area contributed by atoms with E-state index in [9.17, 15) is 0 Å². The van der Waals surface area contributed by atoms with E-state index in [4.69, 9.17) is 11.6 Å². The van der Waals surface area contributed by atoms with E-state index in [0.29, 0.717) is 11.0 Å². The number of anilines is 1. The Morgan fingerprint density at radius 1 is 1.37 bits per heavy atom. The molecule has 0 atom stereocenters. The Morgan fingerprint density at radius 3 is 2.89 bits per heavy atom. The van der Waals surface area contributed by atoms with Crippen LogP contribution in [0.5, 0.6) is 0 Å². The molecular formula is C13H13BrClN3S. The summed E-state index contributed by atoms with van der Waals surface area (Å²) in [6.07, 6.45) is 2.66. The van der Waals surface area contributed by atoms with Gasteiger partial charge in [0.1, 0.15) is 5.03 Å². The highest BCUT2D eigenvalue weighted by Gasteiger charge is 2.09. The Bertz CT molecular complexity index is 565. The first-order valence-electron chi connectivity index (χ1n) is 5.89. The average Bonchev–Trinajstić information content (AvgIpc) is 2.42. The lowest BCUT2D eigenvalue weighted by atomic mass is 10.4. The van der Waals surface area contributed by atoms with Crippen LogP contribution in [0.15, 0.2) is 44.9 Å². The van der Waals surface area contributed by atoms with Gasteiger partial charge in [-0.25, -0.2) is 9.97 Å². The molecule has 3 nitrogen and oxygen atoms in total. The minimum atomic E-state index is 0.558. The molecule has 1 aromatic carbocycles. The molecule has 6 heteroatoms. The van der Waals surface area contributed by atoms with Gasteiger partial charge < -0.3 is 5.32 Å². The van der Waals surface area contributed by atoms with E-state index < -0.39 is 0 Å². The van der Waals surface area contributed by atoms with E-state index in [2.05, 4.69) is 38.1 Å². The van der Waals surface area contributed by atoms with Crippen molar-refractivity contribution in [3.05, 3.63) is 40.0 Å². The molecule has 0 aliphatic carbocycles. The van der Waals surface area contributed by atoms with Gasteiger partial charge in [0.2, 0.25) is 5.95 Å². The normalized spacial score (nSPS) is 10.5. The molecule has 0 saturated heterocycles. The van der Waals surface area contributed by atoms with E-state index >= 15 is 0 Å². The van der Waals surface area contributed by atoms with Gasteiger partial charge in [-0.2, -0.15) is 0 Å². The number of benzene rings is 1. The lowest BCUT2D eigenvalue weighted by Crippen LogP contribution is -2.04. The maximum Gasteiger partial charge on any atom is 0.223 e. The summed E-state index contributed by atoms with van der Waals surface area (Å²) in [5.41, 5.74) is 0. The second-order valence-corrected chi connectivity index (χ2v) is 6.10. The van der Waals surface area contributed by atoms with Crippen LogP contribution >= 0.6 is 39.3 Å². The fourth-order valence-corrected chi connectivity index (χ4v) is 2.91. The van der Waals surface area contributed by atoms with Gasteiger partial charge in [0.25, 0.3) is 0 Å². The Morgan fingerprint density at radius 2 is 2.16 bits per heavy atom. The van der Waals surface area contributed by atoms with Crippen molar-refractivity contribution in [1.82, 2.24) is 9.97 Å². The largest absolute Gasteiger partial charge is 0.354 e. The van der Waals surface area contributed by atoms with Gasteiger partial charge >= 0.3 is 0 Å². The predicted octanol–water partition coefficient (Wildman–Crippen LogP) is 4.87. The van der Waals surface area contributed by atoms with Crippen molar-refractivity contribution in [3.63, 3.8) is 0 Å². The fourth-order valence-electron chi connectivity index (χ4n) is 1.38. The van der Waals surface area contributed by atoms with Crippen LogP contribution in [0.3, 0.4) is 0 Å². The molecule has 19 heavy (non-hydrogen) atoms. The van der Waals surface area contributed by atoms with Crippen LogP contribution in [0.2, 0.25) is 5.02 Å². The second kappa shape index (κ2) is 7.12. The molecule has 1 aromatic heterocycles. The molecule has 100 valence electrons. The molecule has 0 saturated carbocycles. The molecule has 0 radical (unpaired) electrons. The molecule has 0 amide bonds. The van der Waals surface area contributed by atoms with Crippen molar-refractivity contribution < 1.29 is 0 Å². The second-order valence-electron chi connectivity index (χ2n) is 3.81. The van der Waals surface area contributed by atoms with Crippen LogP contribution in [0, 0.1) is 0 Å². The van der Waals surface area contributed by atoms with Crippen LogP contribution in [-0.4, -0.2) is 16.5 Å². The lowest BCUT2D eigenvalue weighted by Gasteiger charge is -2.08. The van der Waals surface area contributed by atoms with Crippen molar-refractivity contribution in [2.75, 3.05) is 11.9 Å². The third-order valence-electron chi connectivity index (χ3n) is 2.29. The zero-order chi connectivity index (χ0) is 13.7. The summed E-state index contributed by atoms with van der Waals surface area (Å²) >= 11 is 11.2. The van der Waals surface area contributed by atoms with Crippen LogP contribution in [0.4, 0.5) is 5.95 Å². The van der Waals surface area contributed by atoms with Gasteiger partial charge in [-0.05, 0) is 34.5 Å². The number of hydrogen-bond acceptors (Lipinski definition) is 4. The minimum absolute atomic E-state index is 0.558. The SMILES string of the molecule is CCCNc1ncc(Cl)c(Sc2ccccc2Br)n1. The third-order valence-corrected chi connectivity index (χ3v) is 4.71. The number of nitrogens with zero attached hydrogens (tertiary/aromatic N) is 2. The average molecular weight is 359 g/mol. The highest BCUT2D eigenvalue weighted by molar-refractivity contribution is 9.10. The Labute approximate surface area is 130 Å². The molecule has 0 aliphatic rings. The zero-order valence-corrected chi connectivity index (χ0v) is 13.5. The fraction of sp³-hybridized carbons (Fsp3) is 0.231. The zero-order valence-electron chi connectivity index (χ0n) is 10.4. The molecule has 0 bridgehead atoms. The van der Waals surface area contributed by atoms with E-state index in [-0.39, 0.29) is 0 Å². The van der Waals surface area contributed by atoms with E-state index in [1.807, 2.05) is 24.3 Å². The Balaban J connectivity index is 2.21. The summed E-state index contributed by atoms with van der Waals surface area (Å²) in [7, 11) is 0. The topological polar surface area (TPSA) is 37.8 Å². The van der Waals surface area contributed by atoms with E-state index in [0.717, 1.165) is 27.4 Å². The molecule has 1 N–H and O–H groups in total. The Kier molecular flexibility index (Phi) is 5.48. The van der Waals surface area contributed by atoms with Gasteiger partial charge in [0.15, 0.2) is 0 Å². The van der Waals surface area contributed by atoms with Crippen molar-refractivity contribution in [2.24, 2.45) is 0 Å². The smallest absolute Gasteiger partial charge is 0.223 e. The van der Waals surface area contributed by atoms with Gasteiger partial charge in [0, 0.05) is 15.9 Å². The summed E-state index contributed by atoms with van der Waals surface area (Å²) in [6.45, 7) is 2.94. The molecule has 0 aliphatic heterocycles. The molecule has 2 aromatic rings. The molecular weight excluding hydrogens is 346 g/mol. The van der Waals surface area contributed by atoms with E-state index in [1.54, 1.807) is 6.20 Å². The molecule has 0 spiro atoms. The number of nitrogens with one attached hydrogen (secondary N) is 1. The summed E-state index contributed by atoms with van der Waals surface area (Å²) in [5, 5.41) is 4.47. The number of aromatic nitrogens is 2. The van der Waals surface area contributed by atoms with Crippen LogP contribution < -0.4 is 5.32 Å². The minimum Gasteiger partial charge on any atom is -0.354 e. The number of rotatable bonds is 5. The molecule has 1 heterocycles. The summed E-state index contributed by atoms with van der Waals surface area (Å²) in [4.78, 5) is 9.67. The van der Waals surface area contributed by atoms with Gasteiger partial charge in [-0.15, -0.1) is 0 Å². The maximum absolute atomic E-state index is 6.14. The number of halogens is 2. The van der Waals surface area contributed by atoms with Crippen molar-refractivity contribution in [3.8, 4) is 0 Å². The summed E-state index contributed by atoms with van der Waals surface area (Å²) < 4.78 is 1.03. The first-order chi connectivity index (χ1) is 9.20. The van der Waals surface area contributed by atoms with E-state index in [1.165, 1.54) is 11.8 Å². The van der Waals surface area contributed by atoms with Crippen LogP contribution in [-0.2, 0) is 0 Å². The standard InChI is InChI=1S/C13H13BrClN3S/c1-2-7-16-13-17-8-10(15)12(18-13)19-11-6-4-3-5-9(11)14/h3-6,8H,2,7H2,1H3,(H,16,17,18). The van der Waals surface area contributed by atoms with Crippen molar-refractivity contribution >= 4 is 45.2 Å². The van der Waals surface area contributed by atoms with Crippen LogP contribution in [0.25, 0.3) is 0 Å². The van der Waals surface area contributed by atoms with Crippen LogP contribution in [0.1, 0.15) is 13.3 Å². The van der Waals surface area contributed by atoms with Gasteiger partial charge in [-0.3, -0.25) is 0 Å². The molecule has 2 rings (SSSR count). The highest BCUT2D eigenvalue weighted by Crippen LogP contribution is 2.35. The summed E-state index contributed by atoms with van der Waals surface area (Å²) in [5.74, 6) is 0.612. The van der Waals surface area contributed by atoms with Crippen molar-refractivity contribution in [1.29, 1.82) is 0 Å². The molecule has 0 fully saturated rings. The first-order valence-corrected chi connectivity index (χ1v) is 7.88. The quantitative estimate of drug-likeness (QED) is 0.774. The van der Waals surface area contributed by atoms with Gasteiger partial charge in [-0.1, -0.05) is 42.4 Å². The first kappa shape index (κ1) is 14.6. The maximum atomic E-state index is 6.14. The summed E-state index contributed by atoms with van der Waals surface area (Å²) in [6, 6.07) is 7.97. The Hall–Kier alpha value is -0.780.